The highest BCUT2D eigenvalue weighted by Gasteiger charge is 2.59. The second-order valence-electron chi connectivity index (χ2n) is 5.71. The number of Topliss-reactive ketones (excluding diaryl/α,β-unsaturated/α-hetero) is 1. The third kappa shape index (κ3) is 1.49. The lowest BCUT2D eigenvalue weighted by Gasteiger charge is -2.34. The monoisotopic (exact) mass is 248 g/mol. The van der Waals surface area contributed by atoms with Gasteiger partial charge in [-0.15, -0.1) is 6.58 Å². The summed E-state index contributed by atoms with van der Waals surface area (Å²) in [5.74, 6) is -1.06. The van der Waals surface area contributed by atoms with Crippen molar-refractivity contribution >= 4 is 11.8 Å². The van der Waals surface area contributed by atoms with Crippen molar-refractivity contribution in [2.75, 3.05) is 6.61 Å². The first-order valence-corrected chi connectivity index (χ1v) is 6.47. The summed E-state index contributed by atoms with van der Waals surface area (Å²) in [7, 11) is 0. The number of esters is 1. The van der Waals surface area contributed by atoms with Crippen LogP contribution in [0.5, 0.6) is 0 Å². The lowest BCUT2D eigenvalue weighted by molar-refractivity contribution is -0.152. The van der Waals surface area contributed by atoms with Crippen molar-refractivity contribution in [2.24, 2.45) is 16.7 Å². The molecule has 2 atom stereocenters. The second kappa shape index (κ2) is 4.08. The van der Waals surface area contributed by atoms with Gasteiger partial charge >= 0.3 is 5.97 Å². The van der Waals surface area contributed by atoms with Crippen LogP contribution >= 0.6 is 0 Å². The number of ether oxygens (including phenoxy) is 1. The van der Waals surface area contributed by atoms with Gasteiger partial charge in [-0.25, -0.2) is 4.79 Å². The Morgan fingerprint density at radius 3 is 2.72 bits per heavy atom. The lowest BCUT2D eigenvalue weighted by atomic mass is 9.69. The molecule has 0 radical (unpaired) electrons. The van der Waals surface area contributed by atoms with Gasteiger partial charge in [-0.05, 0) is 31.1 Å². The Morgan fingerprint density at radius 1 is 1.56 bits per heavy atom. The normalized spacial score (nSPS) is 31.9. The Balaban J connectivity index is 2.33. The van der Waals surface area contributed by atoms with E-state index in [1.807, 2.05) is 12.2 Å². The first-order valence-electron chi connectivity index (χ1n) is 6.47. The summed E-state index contributed by atoms with van der Waals surface area (Å²) >= 11 is 0. The summed E-state index contributed by atoms with van der Waals surface area (Å²) in [6.07, 6.45) is 5.83. The molecule has 0 unspecified atom stereocenters. The summed E-state index contributed by atoms with van der Waals surface area (Å²) in [5, 5.41) is 0. The van der Waals surface area contributed by atoms with Crippen LogP contribution in [0.4, 0.5) is 0 Å². The van der Waals surface area contributed by atoms with Gasteiger partial charge in [-0.2, -0.15) is 0 Å². The van der Waals surface area contributed by atoms with Crippen LogP contribution in [-0.4, -0.2) is 18.4 Å². The van der Waals surface area contributed by atoms with Gasteiger partial charge in [-0.1, -0.05) is 26.0 Å². The van der Waals surface area contributed by atoms with E-state index in [0.29, 0.717) is 5.57 Å². The van der Waals surface area contributed by atoms with E-state index in [9.17, 15) is 9.59 Å². The van der Waals surface area contributed by atoms with Gasteiger partial charge in [0.05, 0.1) is 6.61 Å². The molecule has 0 spiro atoms. The molecule has 0 amide bonds. The first kappa shape index (κ1) is 13.1. The molecule has 2 rings (SSSR count). The zero-order valence-electron chi connectivity index (χ0n) is 11.3. The molecule has 18 heavy (non-hydrogen) atoms. The van der Waals surface area contributed by atoms with Crippen LogP contribution in [0.15, 0.2) is 24.3 Å². The van der Waals surface area contributed by atoms with E-state index in [-0.39, 0.29) is 23.4 Å². The van der Waals surface area contributed by atoms with E-state index >= 15 is 0 Å². The van der Waals surface area contributed by atoms with Gasteiger partial charge in [0.2, 0.25) is 0 Å². The fourth-order valence-electron chi connectivity index (χ4n) is 3.53. The molecule has 0 aromatic carbocycles. The summed E-state index contributed by atoms with van der Waals surface area (Å²) in [4.78, 5) is 23.7. The van der Waals surface area contributed by atoms with Crippen LogP contribution < -0.4 is 0 Å². The fraction of sp³-hybridized carbons (Fsp3) is 0.600. The van der Waals surface area contributed by atoms with Gasteiger partial charge in [-0.3, -0.25) is 4.79 Å². The summed E-state index contributed by atoms with van der Waals surface area (Å²) < 4.78 is 4.80. The molecule has 0 N–H and O–H groups in total. The van der Waals surface area contributed by atoms with E-state index in [0.717, 1.165) is 12.8 Å². The number of ketones is 1. The van der Waals surface area contributed by atoms with Crippen molar-refractivity contribution in [3.05, 3.63) is 24.3 Å². The van der Waals surface area contributed by atoms with E-state index < -0.39 is 11.8 Å². The van der Waals surface area contributed by atoms with Crippen molar-refractivity contribution in [3.63, 3.8) is 0 Å². The van der Waals surface area contributed by atoms with E-state index in [2.05, 4.69) is 20.4 Å². The zero-order valence-corrected chi connectivity index (χ0v) is 11.3. The minimum atomic E-state index is -0.730. The summed E-state index contributed by atoms with van der Waals surface area (Å²) in [5.41, 5.74) is 0.450. The predicted molar refractivity (Wildman–Crippen MR) is 68.9 cm³/mol. The SMILES string of the molecule is C=C[C@@]12C=C(C(=O)C(=O)OCC)[C@@H](CC1)C2(C)C. The minimum Gasteiger partial charge on any atom is -0.460 e. The second-order valence-corrected chi connectivity index (χ2v) is 5.71. The molecule has 0 saturated heterocycles. The van der Waals surface area contributed by atoms with Crippen molar-refractivity contribution < 1.29 is 14.3 Å². The van der Waals surface area contributed by atoms with Crippen LogP contribution in [0.3, 0.4) is 0 Å². The average Bonchev–Trinajstić information content (AvgIpc) is 2.73. The summed E-state index contributed by atoms with van der Waals surface area (Å²) in [6, 6.07) is 0. The average molecular weight is 248 g/mol. The Kier molecular flexibility index (Phi) is 2.96. The lowest BCUT2D eigenvalue weighted by Crippen LogP contribution is -2.29. The van der Waals surface area contributed by atoms with E-state index in [1.54, 1.807) is 6.92 Å². The standard InChI is InChI=1S/C15H20O3/c1-5-15-8-7-11(14(15,3)4)10(9-15)12(16)13(17)18-6-2/h5,9,11H,1,6-8H2,2-4H3/t11-,15+/m1/s1. The van der Waals surface area contributed by atoms with Gasteiger partial charge in [0.15, 0.2) is 0 Å². The number of hydrogen-bond donors (Lipinski definition) is 0. The molecule has 1 saturated carbocycles. The molecule has 0 heterocycles. The quantitative estimate of drug-likeness (QED) is 0.436. The molecule has 0 aromatic rings. The van der Waals surface area contributed by atoms with Crippen molar-refractivity contribution in [1.29, 1.82) is 0 Å². The molecular formula is C15H20O3. The molecule has 2 aliphatic carbocycles. The van der Waals surface area contributed by atoms with Crippen LogP contribution in [0.25, 0.3) is 0 Å². The molecule has 1 fully saturated rings. The maximum atomic E-state index is 12.1. The zero-order chi connectivity index (χ0) is 13.6. The molecule has 0 aromatic heterocycles. The predicted octanol–water partition coefficient (Wildman–Crippen LogP) is 2.67. The number of fused-ring (bicyclic) bond motifs is 2. The van der Waals surface area contributed by atoms with Gasteiger partial charge < -0.3 is 4.74 Å². The van der Waals surface area contributed by atoms with Crippen LogP contribution in [0.1, 0.15) is 33.6 Å². The van der Waals surface area contributed by atoms with Gasteiger partial charge in [0.25, 0.3) is 5.78 Å². The van der Waals surface area contributed by atoms with Crippen LogP contribution in [-0.2, 0) is 14.3 Å². The molecule has 98 valence electrons. The summed E-state index contributed by atoms with van der Waals surface area (Å²) in [6.45, 7) is 10.1. The van der Waals surface area contributed by atoms with Crippen molar-refractivity contribution in [2.45, 2.75) is 33.6 Å². The van der Waals surface area contributed by atoms with Crippen molar-refractivity contribution in [3.8, 4) is 0 Å². The maximum Gasteiger partial charge on any atom is 0.379 e. The molecule has 2 aliphatic rings. The fourth-order valence-corrected chi connectivity index (χ4v) is 3.53. The van der Waals surface area contributed by atoms with Crippen LogP contribution in [0, 0.1) is 16.7 Å². The number of hydrogen-bond acceptors (Lipinski definition) is 3. The molecule has 3 heteroatoms. The highest BCUT2D eigenvalue weighted by molar-refractivity contribution is 6.40. The van der Waals surface area contributed by atoms with Gasteiger partial charge in [0.1, 0.15) is 0 Å². The Morgan fingerprint density at radius 2 is 2.22 bits per heavy atom. The largest absolute Gasteiger partial charge is 0.460 e. The minimum absolute atomic E-state index is 0.0355. The highest BCUT2D eigenvalue weighted by atomic mass is 16.5. The Bertz CT molecular complexity index is 445. The Labute approximate surface area is 108 Å². The molecule has 3 nitrogen and oxygen atoms in total. The number of carbonyl (C=O) groups excluding carboxylic acids is 2. The molecule has 0 aliphatic heterocycles. The van der Waals surface area contributed by atoms with E-state index in [4.69, 9.17) is 4.74 Å². The van der Waals surface area contributed by atoms with Crippen LogP contribution in [0.2, 0.25) is 0 Å². The first-order chi connectivity index (χ1) is 8.39. The topological polar surface area (TPSA) is 43.4 Å². The number of rotatable bonds is 4. The van der Waals surface area contributed by atoms with E-state index in [1.165, 1.54) is 0 Å². The highest BCUT2D eigenvalue weighted by Crippen LogP contribution is 2.65. The molecular weight excluding hydrogens is 228 g/mol. The van der Waals surface area contributed by atoms with Crippen molar-refractivity contribution in [1.82, 2.24) is 0 Å². The maximum absolute atomic E-state index is 12.1. The number of allylic oxidation sites excluding steroid dienone is 2. The Hall–Kier alpha value is -1.38. The smallest absolute Gasteiger partial charge is 0.379 e. The molecule has 2 bridgehead atoms. The third-order valence-electron chi connectivity index (χ3n) is 4.79. The number of carbonyl (C=O) groups is 2. The van der Waals surface area contributed by atoms with Gasteiger partial charge in [0, 0.05) is 11.0 Å². The third-order valence-corrected chi connectivity index (χ3v) is 4.79.